The number of carbonyl (C=O) groups excluding carboxylic acids is 22. The Morgan fingerprint density at radius 2 is 0.783 bits per heavy atom. The van der Waals surface area contributed by atoms with Crippen molar-refractivity contribution in [2.24, 2.45) is 109 Å². The zero-order chi connectivity index (χ0) is 98.9. The lowest BCUT2D eigenvalue weighted by atomic mass is 9.48. The Kier molecular flexibility index (Phi) is 39.7. The van der Waals surface area contributed by atoms with E-state index in [4.69, 9.17) is 28.9 Å². The number of hydrogen-bond acceptors (Lipinski definition) is 29. The van der Waals surface area contributed by atoms with Crippen LogP contribution in [0, 0.1) is 109 Å². The molecule has 10 saturated carbocycles. The Hall–Kier alpha value is -11.0. The maximum atomic E-state index is 13.4. The Labute approximate surface area is 807 Å². The van der Waals surface area contributed by atoms with Gasteiger partial charge in [-0.3, -0.25) is 91.1 Å². The van der Waals surface area contributed by atoms with Crippen molar-refractivity contribution in [3.05, 3.63) is 36.0 Å². The fourth-order valence-electron chi connectivity index (χ4n) is 25.9. The van der Waals surface area contributed by atoms with E-state index in [0.717, 1.165) is 49.9 Å². The summed E-state index contributed by atoms with van der Waals surface area (Å²) >= 11 is 0. The van der Waals surface area contributed by atoms with Crippen molar-refractivity contribution in [2.45, 2.75) is 314 Å². The van der Waals surface area contributed by atoms with Crippen molar-refractivity contribution in [1.29, 1.82) is 0 Å². The van der Waals surface area contributed by atoms with Crippen LogP contribution in [0.4, 0.5) is 0 Å². The van der Waals surface area contributed by atoms with Gasteiger partial charge in [0.05, 0.1) is 59.0 Å². The summed E-state index contributed by atoms with van der Waals surface area (Å²) < 4.78 is 30.1. The van der Waals surface area contributed by atoms with Crippen molar-refractivity contribution in [3.8, 4) is 0 Å². The van der Waals surface area contributed by atoms with Gasteiger partial charge in [0.25, 0.3) is 0 Å². The van der Waals surface area contributed by atoms with E-state index >= 15 is 0 Å². The number of nitrogens with one attached hydrogen (secondary N) is 5. The number of methoxy groups -OCH3 is 4. The van der Waals surface area contributed by atoms with E-state index < -0.39 is 139 Å². The summed E-state index contributed by atoms with van der Waals surface area (Å²) in [6.45, 7) is 16.6. The highest BCUT2D eigenvalue weighted by Crippen LogP contribution is 2.64. The molecule has 35 nitrogen and oxygen atoms in total. The van der Waals surface area contributed by atoms with Crippen LogP contribution >= 0.6 is 0 Å². The molecule has 1 aromatic heterocycles. The standard InChI is InChI=1S/C28H34N2O4.C25H35NO9.C24H33NO9.C21H29NO6.CO2.4CH4/c1-27(13-11-25(34)29-14-12-17-16-30-21-6-4-3-5-18(17)21)23(32)9-7-19-20-8-10-24(33)28(20,2)15-22(31)26(19)27;1-13(22(31)33-4)21(23(32)34-5)26-18(29)10-11-25(3)20-14(6-9-19(30)35-25)15-7-8-17(28)24(15,2)12-16(20)27;1-23-12-16(26)21-13(14(23)6-7-17(23)27)5-8-19(29)34-24(21,2)10-9-18(28)25-15(22(31)33-4)11-20(30)32-3;1-20(9-7-17(26)22-10-8-18(27)28)15(24)5-3-12-13-4-6-16(25)21(13,2)11-14(23)19(12)20;2-1-3;;;;/h3-6,16,19-20,26,30H,7-15H2,1-2H3,(H,29,34);13-15,20-21H,6-12H2,1-5H3,(H,26,29);13-15,21H,5-12H2,1-4H3,(H,25,28);12-13,19H,3-11H2,1-2H3,(H,22,26)(H,27,28);;4*1H4/t19-,20-,26+,27-,28-;13?,14-,15-,20+,21-,24-,25+;13-,14-,15-,21+,23-,24+;12-,13-,19+,20-,21-;;;;;/m0000...../s1. The van der Waals surface area contributed by atoms with Gasteiger partial charge in [-0.1, -0.05) is 89.4 Å². The molecular formula is C103H147N5O30. The quantitative estimate of drug-likeness (QED) is 0.0376. The van der Waals surface area contributed by atoms with Gasteiger partial charge < -0.3 is 59.8 Å². The topological polar surface area (TPSA) is 532 Å². The second kappa shape index (κ2) is 47.3. The van der Waals surface area contributed by atoms with Crippen LogP contribution in [0.1, 0.15) is 290 Å². The van der Waals surface area contributed by atoms with E-state index in [9.17, 15) is 101 Å². The number of benzene rings is 1. The first-order valence-electron chi connectivity index (χ1n) is 47.0. The molecule has 1 unspecified atom stereocenters. The number of amides is 4. The molecule has 2 aliphatic heterocycles. The number of fused-ring (bicyclic) bond motifs is 13. The van der Waals surface area contributed by atoms with Crippen molar-refractivity contribution >= 4 is 140 Å². The number of aliphatic carboxylic acids is 1. The minimum atomic E-state index is -1.25. The number of cyclic esters (lactones) is 2. The first-order valence-corrected chi connectivity index (χ1v) is 47.0. The molecule has 3 heterocycles. The number of para-hydroxylation sites is 1. The number of hydrogen-bond donors (Lipinski definition) is 6. The predicted octanol–water partition coefficient (Wildman–Crippen LogP) is 10.8. The Balaban J connectivity index is 0.000000277. The molecule has 2 aromatic rings. The summed E-state index contributed by atoms with van der Waals surface area (Å²) in [6, 6.07) is 5.62. The third kappa shape index (κ3) is 24.0. The molecule has 0 bridgehead atoms. The molecule has 0 radical (unpaired) electrons. The second-order valence-corrected chi connectivity index (χ2v) is 40.8. The van der Waals surface area contributed by atoms with Gasteiger partial charge in [-0.25, -0.2) is 9.59 Å². The number of esters is 6. The molecular weight excluding hydrogens is 1790 g/mol. The summed E-state index contributed by atoms with van der Waals surface area (Å²) in [5, 5.41) is 20.3. The zero-order valence-electron chi connectivity index (χ0n) is 79.2. The molecule has 35 heteroatoms. The number of carboxylic acids is 1. The van der Waals surface area contributed by atoms with Gasteiger partial charge in [0.15, 0.2) is 0 Å². The fourth-order valence-corrected chi connectivity index (χ4v) is 25.9. The van der Waals surface area contributed by atoms with Gasteiger partial charge in [-0.05, 0) is 163 Å². The summed E-state index contributed by atoms with van der Waals surface area (Å²) in [5.74, 6) is -8.79. The number of aromatic nitrogens is 1. The number of aromatic amines is 1. The lowest BCUT2D eigenvalue weighted by molar-refractivity contribution is -0.192. The van der Waals surface area contributed by atoms with E-state index in [1.54, 1.807) is 20.8 Å². The Bertz CT molecular complexity index is 5020. The minimum absolute atomic E-state index is 0. The molecule has 4 amide bonds. The van der Waals surface area contributed by atoms with Crippen LogP contribution in [0.15, 0.2) is 30.5 Å². The lowest BCUT2D eigenvalue weighted by Crippen LogP contribution is -2.56. The van der Waals surface area contributed by atoms with Gasteiger partial charge in [-0.15, -0.1) is 0 Å². The maximum absolute atomic E-state index is 13.4. The fraction of sp³-hybridized carbons (Fsp3) is 0.709. The van der Waals surface area contributed by atoms with E-state index in [-0.39, 0.29) is 255 Å². The number of rotatable bonds is 26. The van der Waals surface area contributed by atoms with Gasteiger partial charge in [0.1, 0.15) is 81.1 Å². The predicted molar refractivity (Wildman–Crippen MR) is 497 cm³/mol. The highest BCUT2D eigenvalue weighted by molar-refractivity contribution is 6.03. The van der Waals surface area contributed by atoms with Gasteiger partial charge in [-0.2, -0.15) is 9.59 Å². The van der Waals surface area contributed by atoms with Crippen molar-refractivity contribution in [2.75, 3.05) is 41.5 Å². The second-order valence-electron chi connectivity index (χ2n) is 40.8. The van der Waals surface area contributed by atoms with E-state index in [0.29, 0.717) is 90.0 Å². The Morgan fingerprint density at radius 3 is 1.17 bits per heavy atom. The van der Waals surface area contributed by atoms with Crippen molar-refractivity contribution < 1.29 is 144 Å². The minimum Gasteiger partial charge on any atom is -0.481 e. The molecule has 764 valence electrons. The Morgan fingerprint density at radius 1 is 0.435 bits per heavy atom. The number of carboxylic acid groups (broad SMARTS) is 1. The SMILES string of the molecule is C.C.C.C.COC(=O)C(C)[C@H](NC(=O)CC[C@@]1(C)OC(=O)CC[C@@H]2[C@@H]1C(=O)C[C@]1(C)C(=O)CC[C@@H]21)C(=O)OC.COC(=O)C[C@H](NC(=O)CC[C@@]1(C)OC(=O)CC[C@@H]2[C@@H]1C(=O)C[C@]1(C)C(=O)CC[C@@H]21)C(=O)OC.C[C@]1(CCC(=O)NCCC(=O)O)C(=O)CC[C@@H]2[C@@H]1C(=O)C[C@]1(C)C(=O)CC[C@@H]21.C[C@]1(CCC(=O)NCCc2c[nH]c3ccccc23)C(=O)CC[C@@H]2[C@@H]1C(=O)C[C@]1(C)C(=O)CC[C@@H]21.O=C=O. The smallest absolute Gasteiger partial charge is 0.373 e. The lowest BCUT2D eigenvalue weighted by Gasteiger charge is -2.52. The summed E-state index contributed by atoms with van der Waals surface area (Å²) in [6.07, 6.45) is 12.1. The summed E-state index contributed by atoms with van der Waals surface area (Å²) in [5.41, 5.74) is -4.47. The van der Waals surface area contributed by atoms with Crippen LogP contribution in [0.5, 0.6) is 0 Å². The van der Waals surface area contributed by atoms with Gasteiger partial charge in [0, 0.05) is 177 Å². The summed E-state index contributed by atoms with van der Waals surface area (Å²) in [7, 11) is 4.63. The summed E-state index contributed by atoms with van der Waals surface area (Å²) in [4.78, 5) is 282. The average molecular weight is 1940 g/mol. The molecule has 23 atom stereocenters. The molecule has 1 aromatic carbocycles. The van der Waals surface area contributed by atoms with E-state index in [2.05, 4.69) is 46.5 Å². The normalized spacial score (nSPS) is 32.7. The third-order valence-electron chi connectivity index (χ3n) is 33.1. The van der Waals surface area contributed by atoms with Gasteiger partial charge >= 0.3 is 47.9 Å². The first kappa shape index (κ1) is 116. The molecule has 2 saturated heterocycles. The van der Waals surface area contributed by atoms with Crippen molar-refractivity contribution in [3.63, 3.8) is 0 Å². The number of H-pyrrole nitrogens is 1. The van der Waals surface area contributed by atoms with Crippen LogP contribution in [-0.4, -0.2) is 204 Å². The number of ketones is 10. The number of Topliss-reactive ketones (excluding diaryl/α,β-unsaturated/α-hetero) is 10. The molecule has 0 spiro atoms. The largest absolute Gasteiger partial charge is 0.481 e. The first-order chi connectivity index (χ1) is 63.1. The van der Waals surface area contributed by atoms with Crippen LogP contribution in [0.25, 0.3) is 10.9 Å². The number of carbonyl (C=O) groups is 21. The van der Waals surface area contributed by atoms with Crippen LogP contribution in [-0.2, 0) is 145 Å². The third-order valence-corrected chi connectivity index (χ3v) is 33.1. The highest BCUT2D eigenvalue weighted by atomic mass is 16.6. The van der Waals surface area contributed by atoms with E-state index in [1.807, 2.05) is 59.0 Å². The van der Waals surface area contributed by atoms with Crippen LogP contribution < -0.4 is 21.3 Å². The molecule has 138 heavy (non-hydrogen) atoms. The van der Waals surface area contributed by atoms with Crippen LogP contribution in [0.2, 0.25) is 0 Å². The van der Waals surface area contributed by atoms with Crippen LogP contribution in [0.3, 0.4) is 0 Å². The van der Waals surface area contributed by atoms with E-state index in [1.165, 1.54) is 21.1 Å². The molecule has 14 rings (SSSR count). The molecule has 6 N–H and O–H groups in total. The molecule has 10 aliphatic carbocycles. The monoisotopic (exact) mass is 1930 g/mol. The number of ether oxygens (including phenoxy) is 6. The molecule has 12 fully saturated rings. The van der Waals surface area contributed by atoms with Gasteiger partial charge in [0.2, 0.25) is 23.6 Å². The average Bonchev–Trinajstić information content (AvgIpc) is 1.40. The zero-order valence-corrected chi connectivity index (χ0v) is 79.2. The molecule has 12 aliphatic rings. The maximum Gasteiger partial charge on any atom is 0.373 e. The van der Waals surface area contributed by atoms with Crippen molar-refractivity contribution in [1.82, 2.24) is 26.3 Å². The highest BCUT2D eigenvalue weighted by Gasteiger charge is 2.68.